The third-order valence-corrected chi connectivity index (χ3v) is 5.37. The first kappa shape index (κ1) is 19.9. The maximum absolute atomic E-state index is 11.0. The number of hydrogen-bond donors (Lipinski definition) is 1. The molecular formula is C20H21IO3S. The fourth-order valence-electron chi connectivity index (χ4n) is 2.37. The van der Waals surface area contributed by atoms with E-state index in [0.29, 0.717) is 5.39 Å². The van der Waals surface area contributed by atoms with Crippen LogP contribution in [0.2, 0.25) is 0 Å². The van der Waals surface area contributed by atoms with Crippen molar-refractivity contribution in [3.05, 3.63) is 75.9 Å². The fourth-order valence-corrected chi connectivity index (χ4v) is 3.44. The molecule has 25 heavy (non-hydrogen) atoms. The van der Waals surface area contributed by atoms with E-state index in [1.54, 1.807) is 30.3 Å². The van der Waals surface area contributed by atoms with Gasteiger partial charge in [-0.1, -0.05) is 69.3 Å². The van der Waals surface area contributed by atoms with Crippen LogP contribution in [0.4, 0.5) is 0 Å². The zero-order chi connectivity index (χ0) is 18.7. The minimum atomic E-state index is -4.13. The van der Waals surface area contributed by atoms with Crippen LogP contribution in [0.3, 0.4) is 0 Å². The van der Waals surface area contributed by atoms with Gasteiger partial charge in [-0.15, -0.1) is 0 Å². The normalized spacial score (nSPS) is 11.7. The summed E-state index contributed by atoms with van der Waals surface area (Å²) in [5.74, 6) is 0. The molecule has 3 rings (SSSR count). The van der Waals surface area contributed by atoms with Crippen LogP contribution in [0.1, 0.15) is 26.3 Å². The summed E-state index contributed by atoms with van der Waals surface area (Å²) in [5, 5.41) is 1.33. The number of rotatable bonds is 1. The smallest absolute Gasteiger partial charge is 0.282 e. The molecule has 3 aromatic carbocycles. The molecule has 1 N–H and O–H groups in total. The maximum atomic E-state index is 11.0. The van der Waals surface area contributed by atoms with Crippen LogP contribution in [0.25, 0.3) is 10.8 Å². The third-order valence-electron chi connectivity index (χ3n) is 3.74. The van der Waals surface area contributed by atoms with Gasteiger partial charge >= 0.3 is 0 Å². The number of fused-ring (bicyclic) bond motifs is 1. The van der Waals surface area contributed by atoms with E-state index in [-0.39, 0.29) is 10.3 Å². The molecule has 0 aromatic heterocycles. The Balaban J connectivity index is 0.000000186. The van der Waals surface area contributed by atoms with Crippen molar-refractivity contribution in [3.63, 3.8) is 0 Å². The van der Waals surface area contributed by atoms with Crippen LogP contribution < -0.4 is 0 Å². The highest BCUT2D eigenvalue weighted by molar-refractivity contribution is 14.1. The Morgan fingerprint density at radius 2 is 1.40 bits per heavy atom. The Kier molecular flexibility index (Phi) is 6.24. The highest BCUT2D eigenvalue weighted by Gasteiger charge is 2.13. The monoisotopic (exact) mass is 468 g/mol. The molecule has 0 spiro atoms. The molecule has 0 bridgehead atoms. The summed E-state index contributed by atoms with van der Waals surface area (Å²) in [6, 6.07) is 20.5. The van der Waals surface area contributed by atoms with E-state index in [1.165, 1.54) is 15.2 Å². The second-order valence-corrected chi connectivity index (χ2v) is 9.34. The molecule has 132 valence electrons. The zero-order valence-electron chi connectivity index (χ0n) is 14.4. The van der Waals surface area contributed by atoms with E-state index in [4.69, 9.17) is 4.55 Å². The standard InChI is InChI=1S/C10H13I.C10H8O3S/c1-10(2,3)8-4-6-9(11)7-5-8;11-14(12,13)10-7-3-5-8-4-1-2-6-9(8)10/h4-7H,1-3H3;1-7H,(H,11,12,13). The molecule has 3 nitrogen and oxygen atoms in total. The Morgan fingerprint density at radius 1 is 0.840 bits per heavy atom. The number of halogens is 1. The van der Waals surface area contributed by atoms with Crippen LogP contribution in [0.15, 0.2) is 71.6 Å². The third kappa shape index (κ3) is 5.52. The van der Waals surface area contributed by atoms with Crippen molar-refractivity contribution in [1.82, 2.24) is 0 Å². The van der Waals surface area contributed by atoms with Crippen molar-refractivity contribution >= 4 is 43.5 Å². The first-order chi connectivity index (χ1) is 11.6. The highest BCUT2D eigenvalue weighted by atomic mass is 127. The van der Waals surface area contributed by atoms with Crippen molar-refractivity contribution in [2.75, 3.05) is 0 Å². The summed E-state index contributed by atoms with van der Waals surface area (Å²) < 4.78 is 32.3. The fraction of sp³-hybridized carbons (Fsp3) is 0.200. The molecule has 0 atom stereocenters. The van der Waals surface area contributed by atoms with Gasteiger partial charge in [-0.25, -0.2) is 0 Å². The lowest BCUT2D eigenvalue weighted by molar-refractivity contribution is 0.484. The summed E-state index contributed by atoms with van der Waals surface area (Å²) in [5.41, 5.74) is 1.68. The molecule has 0 amide bonds. The molecule has 0 radical (unpaired) electrons. The topological polar surface area (TPSA) is 54.4 Å². The predicted molar refractivity (Wildman–Crippen MR) is 112 cm³/mol. The van der Waals surface area contributed by atoms with Gasteiger partial charge in [-0.05, 0) is 57.2 Å². The van der Waals surface area contributed by atoms with Gasteiger partial charge in [-0.2, -0.15) is 8.42 Å². The van der Waals surface area contributed by atoms with Crippen LogP contribution in [-0.2, 0) is 15.5 Å². The van der Waals surface area contributed by atoms with Crippen LogP contribution in [-0.4, -0.2) is 13.0 Å². The molecule has 0 saturated heterocycles. The number of benzene rings is 3. The molecule has 0 saturated carbocycles. The SMILES string of the molecule is CC(C)(C)c1ccc(I)cc1.O=S(=O)(O)c1cccc2ccccc12. The first-order valence-corrected chi connectivity index (χ1v) is 10.3. The minimum absolute atomic E-state index is 0.0457. The zero-order valence-corrected chi connectivity index (χ0v) is 17.4. The molecule has 0 aliphatic carbocycles. The van der Waals surface area contributed by atoms with E-state index in [2.05, 4.69) is 67.6 Å². The summed E-state index contributed by atoms with van der Waals surface area (Å²) in [7, 11) is -4.13. The van der Waals surface area contributed by atoms with Crippen molar-refractivity contribution in [3.8, 4) is 0 Å². The van der Waals surface area contributed by atoms with E-state index >= 15 is 0 Å². The van der Waals surface area contributed by atoms with Gasteiger partial charge in [-0.3, -0.25) is 4.55 Å². The van der Waals surface area contributed by atoms with Gasteiger partial charge in [0.2, 0.25) is 0 Å². The molecular weight excluding hydrogens is 447 g/mol. The second-order valence-electron chi connectivity index (χ2n) is 6.71. The molecule has 0 aliphatic rings. The van der Waals surface area contributed by atoms with Gasteiger partial charge < -0.3 is 0 Å². The Morgan fingerprint density at radius 3 is 1.96 bits per heavy atom. The molecule has 0 unspecified atom stereocenters. The van der Waals surface area contributed by atoms with Crippen LogP contribution in [0.5, 0.6) is 0 Å². The lowest BCUT2D eigenvalue weighted by Gasteiger charge is -2.18. The van der Waals surface area contributed by atoms with Gasteiger partial charge in [0.25, 0.3) is 10.1 Å². The second kappa shape index (κ2) is 7.85. The lowest BCUT2D eigenvalue weighted by Crippen LogP contribution is -2.10. The summed E-state index contributed by atoms with van der Waals surface area (Å²) in [6.45, 7) is 6.69. The Hall–Kier alpha value is -1.44. The lowest BCUT2D eigenvalue weighted by atomic mass is 9.87. The Labute approximate surface area is 163 Å². The number of hydrogen-bond acceptors (Lipinski definition) is 2. The predicted octanol–water partition coefficient (Wildman–Crippen LogP) is 5.68. The van der Waals surface area contributed by atoms with E-state index in [9.17, 15) is 8.42 Å². The maximum Gasteiger partial charge on any atom is 0.295 e. The molecule has 0 heterocycles. The quantitative estimate of drug-likeness (QED) is 0.370. The van der Waals surface area contributed by atoms with Gasteiger partial charge in [0.15, 0.2) is 0 Å². The average molecular weight is 468 g/mol. The Bertz CT molecular complexity index is 951. The molecule has 5 heteroatoms. The summed E-state index contributed by atoms with van der Waals surface area (Å²) in [4.78, 5) is -0.0457. The van der Waals surface area contributed by atoms with E-state index in [1.807, 2.05) is 6.07 Å². The summed E-state index contributed by atoms with van der Waals surface area (Å²) >= 11 is 2.32. The van der Waals surface area contributed by atoms with Crippen molar-refractivity contribution < 1.29 is 13.0 Å². The van der Waals surface area contributed by atoms with E-state index in [0.717, 1.165) is 5.39 Å². The first-order valence-electron chi connectivity index (χ1n) is 7.80. The minimum Gasteiger partial charge on any atom is -0.282 e. The van der Waals surface area contributed by atoms with Crippen molar-refractivity contribution in [1.29, 1.82) is 0 Å². The van der Waals surface area contributed by atoms with Crippen molar-refractivity contribution in [2.45, 2.75) is 31.1 Å². The largest absolute Gasteiger partial charge is 0.295 e. The van der Waals surface area contributed by atoms with Crippen LogP contribution >= 0.6 is 22.6 Å². The van der Waals surface area contributed by atoms with Crippen molar-refractivity contribution in [2.24, 2.45) is 0 Å². The molecule has 0 fully saturated rings. The highest BCUT2D eigenvalue weighted by Crippen LogP contribution is 2.23. The van der Waals surface area contributed by atoms with E-state index < -0.39 is 10.1 Å². The molecule has 3 aromatic rings. The van der Waals surface area contributed by atoms with Crippen LogP contribution in [0, 0.1) is 3.57 Å². The average Bonchev–Trinajstić information content (AvgIpc) is 2.53. The summed E-state index contributed by atoms with van der Waals surface area (Å²) in [6.07, 6.45) is 0. The molecule has 0 aliphatic heterocycles. The van der Waals surface area contributed by atoms with Gasteiger partial charge in [0, 0.05) is 8.96 Å². The van der Waals surface area contributed by atoms with Gasteiger partial charge in [0.05, 0.1) is 0 Å². The van der Waals surface area contributed by atoms with Gasteiger partial charge in [0.1, 0.15) is 4.90 Å².